The molecule has 6 rings (SSSR count). The van der Waals surface area contributed by atoms with E-state index in [0.29, 0.717) is 12.0 Å². The van der Waals surface area contributed by atoms with E-state index < -0.39 is 0 Å². The largest absolute Gasteiger partial charge is 0.494 e. The summed E-state index contributed by atoms with van der Waals surface area (Å²) in [5.74, 6) is 2.96. The van der Waals surface area contributed by atoms with E-state index in [1.54, 1.807) is 31.5 Å². The number of aromatic nitrogens is 4. The van der Waals surface area contributed by atoms with Gasteiger partial charge in [-0.05, 0) is 57.0 Å². The molecule has 0 atom stereocenters. The summed E-state index contributed by atoms with van der Waals surface area (Å²) in [7, 11) is 6.01. The molecule has 0 bridgehead atoms. The number of piperazine rings is 1. The number of methoxy groups -OCH3 is 1. The first kappa shape index (κ1) is 33.0. The normalized spacial score (nSPS) is 16.4. The Labute approximate surface area is 283 Å². The highest BCUT2D eigenvalue weighted by Gasteiger charge is 2.28. The zero-order valence-electron chi connectivity index (χ0n) is 28.6. The number of nitrogens with zero attached hydrogens (tertiary/aromatic N) is 8. The molecule has 250 valence electrons. The van der Waals surface area contributed by atoms with Gasteiger partial charge in [-0.1, -0.05) is 25.8 Å². The molecule has 47 heavy (non-hydrogen) atoms. The first-order chi connectivity index (χ1) is 22.9. The SMILES string of the molecule is CCSN(C)c1c(Nc2nc(Nc3cc(C)c(N4CCC(N5CCN(C)CC5)CC4)cc3OC)ncc2CC)ccc2nccnc12. The van der Waals surface area contributed by atoms with Crippen molar-refractivity contribution in [3.63, 3.8) is 0 Å². The highest BCUT2D eigenvalue weighted by molar-refractivity contribution is 8.00. The molecular weight excluding hydrogens is 609 g/mol. The zero-order chi connectivity index (χ0) is 32.9. The van der Waals surface area contributed by atoms with E-state index in [-0.39, 0.29) is 0 Å². The fraction of sp³-hybridized carbons (Fsp3) is 0.486. The Balaban J connectivity index is 1.22. The van der Waals surface area contributed by atoms with Crippen molar-refractivity contribution in [2.75, 3.05) is 86.1 Å². The lowest BCUT2D eigenvalue weighted by molar-refractivity contribution is 0.0982. The topological polar surface area (TPSA) is 97.8 Å². The molecule has 2 aliphatic rings. The summed E-state index contributed by atoms with van der Waals surface area (Å²) < 4.78 is 8.06. The summed E-state index contributed by atoms with van der Waals surface area (Å²) in [5, 5.41) is 7.07. The third-order valence-electron chi connectivity index (χ3n) is 9.37. The van der Waals surface area contributed by atoms with Gasteiger partial charge in [0, 0.05) is 94.0 Å². The monoisotopic (exact) mass is 656 g/mol. The Bertz CT molecular complexity index is 1670. The molecule has 0 radical (unpaired) electrons. The molecule has 2 aromatic carbocycles. The van der Waals surface area contributed by atoms with Crippen LogP contribution in [0.15, 0.2) is 42.9 Å². The summed E-state index contributed by atoms with van der Waals surface area (Å²) in [5.41, 5.74) is 7.87. The number of fused-ring (bicyclic) bond motifs is 1. The average Bonchev–Trinajstić information content (AvgIpc) is 3.09. The third-order valence-corrected chi connectivity index (χ3v) is 10.2. The van der Waals surface area contributed by atoms with Crippen molar-refractivity contribution < 1.29 is 4.74 Å². The maximum atomic E-state index is 5.91. The fourth-order valence-corrected chi connectivity index (χ4v) is 7.43. The molecule has 0 aliphatic carbocycles. The van der Waals surface area contributed by atoms with E-state index in [9.17, 15) is 0 Å². The number of anilines is 6. The lowest BCUT2D eigenvalue weighted by Crippen LogP contribution is -2.52. The second-order valence-corrected chi connectivity index (χ2v) is 13.8. The molecule has 0 saturated carbocycles. The highest BCUT2D eigenvalue weighted by Crippen LogP contribution is 2.39. The predicted octanol–water partition coefficient (Wildman–Crippen LogP) is 6.11. The van der Waals surface area contributed by atoms with Gasteiger partial charge in [-0.25, -0.2) is 4.98 Å². The van der Waals surface area contributed by atoms with Gasteiger partial charge in [0.05, 0.1) is 29.7 Å². The minimum absolute atomic E-state index is 0.501. The quantitative estimate of drug-likeness (QED) is 0.182. The van der Waals surface area contributed by atoms with Gasteiger partial charge in [0.25, 0.3) is 0 Å². The fourth-order valence-electron chi connectivity index (χ4n) is 6.73. The Morgan fingerprint density at radius 3 is 2.45 bits per heavy atom. The summed E-state index contributed by atoms with van der Waals surface area (Å²) in [6, 6.07) is 9.04. The van der Waals surface area contributed by atoms with Crippen molar-refractivity contribution in [1.82, 2.24) is 29.7 Å². The molecule has 0 amide bonds. The molecule has 4 heterocycles. The molecule has 2 N–H and O–H groups in total. The van der Waals surface area contributed by atoms with Crippen LogP contribution in [0, 0.1) is 6.92 Å². The lowest BCUT2D eigenvalue weighted by Gasteiger charge is -2.43. The first-order valence-electron chi connectivity index (χ1n) is 16.7. The van der Waals surface area contributed by atoms with E-state index in [1.165, 1.54) is 50.3 Å². The minimum Gasteiger partial charge on any atom is -0.494 e. The molecule has 11 nitrogen and oxygen atoms in total. The summed E-state index contributed by atoms with van der Waals surface area (Å²) in [6.45, 7) is 13.2. The van der Waals surface area contributed by atoms with Gasteiger partial charge < -0.3 is 29.5 Å². The van der Waals surface area contributed by atoms with Crippen LogP contribution in [0.5, 0.6) is 5.75 Å². The van der Waals surface area contributed by atoms with E-state index >= 15 is 0 Å². The molecular formula is C35H48N10OS. The Morgan fingerprint density at radius 1 is 0.957 bits per heavy atom. The molecule has 2 aliphatic heterocycles. The number of hydrogen-bond acceptors (Lipinski definition) is 12. The van der Waals surface area contributed by atoms with Crippen LogP contribution in [-0.2, 0) is 6.42 Å². The van der Waals surface area contributed by atoms with Crippen molar-refractivity contribution in [2.24, 2.45) is 0 Å². The standard InChI is InChI=1S/C35H48N10OS/c1-7-25-23-38-35(41-34(25)39-28-10-9-27-32(37-14-13-36-27)33(28)43(5)47-8-2)40-29-21-24(3)30(22-31(29)46-6)45-15-11-26(12-16-45)44-19-17-42(4)18-20-44/h9-10,13-14,21-23,26H,7-8,11-12,15-20H2,1-6H3,(H2,38,39,40,41). The second-order valence-electron chi connectivity index (χ2n) is 12.4. The van der Waals surface area contributed by atoms with Crippen LogP contribution in [0.2, 0.25) is 0 Å². The number of rotatable bonds is 11. The number of ether oxygens (including phenoxy) is 1. The predicted molar refractivity (Wildman–Crippen MR) is 196 cm³/mol. The maximum Gasteiger partial charge on any atom is 0.229 e. The Hall–Kier alpha value is -3.87. The highest BCUT2D eigenvalue weighted by atomic mass is 32.2. The van der Waals surface area contributed by atoms with Gasteiger partial charge in [0.1, 0.15) is 17.1 Å². The van der Waals surface area contributed by atoms with Crippen LogP contribution >= 0.6 is 11.9 Å². The molecule has 2 fully saturated rings. The maximum absolute atomic E-state index is 5.91. The molecule has 4 aromatic rings. The van der Waals surface area contributed by atoms with Gasteiger partial charge in [0.15, 0.2) is 0 Å². The lowest BCUT2D eigenvalue weighted by atomic mass is 10.0. The number of benzene rings is 2. The molecule has 0 unspecified atom stereocenters. The van der Waals surface area contributed by atoms with Gasteiger partial charge in [-0.15, -0.1) is 0 Å². The average molecular weight is 657 g/mol. The molecule has 0 spiro atoms. The van der Waals surface area contributed by atoms with Crippen LogP contribution in [-0.4, -0.2) is 102 Å². The van der Waals surface area contributed by atoms with Crippen LogP contribution in [0.3, 0.4) is 0 Å². The Morgan fingerprint density at radius 2 is 1.72 bits per heavy atom. The van der Waals surface area contributed by atoms with Crippen molar-refractivity contribution in [3.8, 4) is 5.75 Å². The summed E-state index contributed by atoms with van der Waals surface area (Å²) in [6.07, 6.45) is 8.52. The third kappa shape index (κ3) is 7.34. The van der Waals surface area contributed by atoms with Crippen molar-refractivity contribution in [1.29, 1.82) is 0 Å². The van der Waals surface area contributed by atoms with Gasteiger partial charge in [-0.3, -0.25) is 14.9 Å². The van der Waals surface area contributed by atoms with E-state index in [4.69, 9.17) is 9.72 Å². The van der Waals surface area contributed by atoms with Crippen molar-refractivity contribution in [2.45, 2.75) is 46.1 Å². The van der Waals surface area contributed by atoms with Gasteiger partial charge >= 0.3 is 0 Å². The van der Waals surface area contributed by atoms with Crippen molar-refractivity contribution >= 4 is 57.5 Å². The number of hydrogen-bond donors (Lipinski definition) is 2. The Kier molecular flexibility index (Phi) is 10.5. The minimum atomic E-state index is 0.501. The molecule has 2 aromatic heterocycles. The first-order valence-corrected chi connectivity index (χ1v) is 17.7. The van der Waals surface area contributed by atoms with E-state index in [1.807, 2.05) is 18.3 Å². The summed E-state index contributed by atoms with van der Waals surface area (Å²) in [4.78, 5) is 26.5. The van der Waals surface area contributed by atoms with Crippen LogP contribution in [0.25, 0.3) is 11.0 Å². The zero-order valence-corrected chi connectivity index (χ0v) is 29.4. The van der Waals surface area contributed by atoms with E-state index in [0.717, 1.165) is 70.5 Å². The molecule has 12 heteroatoms. The van der Waals surface area contributed by atoms with Crippen molar-refractivity contribution in [3.05, 3.63) is 54.0 Å². The smallest absolute Gasteiger partial charge is 0.229 e. The number of likely N-dealkylation sites (N-methyl/N-ethyl adjacent to an activating group) is 1. The van der Waals surface area contributed by atoms with Gasteiger partial charge in [0.2, 0.25) is 5.95 Å². The number of aryl methyl sites for hydroxylation is 2. The number of nitrogens with one attached hydrogen (secondary N) is 2. The summed E-state index contributed by atoms with van der Waals surface area (Å²) >= 11 is 1.72. The number of piperidine rings is 1. The van der Waals surface area contributed by atoms with Gasteiger partial charge in [-0.2, -0.15) is 4.98 Å². The van der Waals surface area contributed by atoms with Crippen LogP contribution in [0.1, 0.15) is 37.8 Å². The second kappa shape index (κ2) is 14.9. The van der Waals surface area contributed by atoms with E-state index in [2.05, 4.69) is 91.6 Å². The molecule has 2 saturated heterocycles. The van der Waals surface area contributed by atoms with Crippen LogP contribution in [0.4, 0.5) is 34.5 Å². The van der Waals surface area contributed by atoms with Crippen LogP contribution < -0.4 is 24.6 Å².